The highest BCUT2D eigenvalue weighted by molar-refractivity contribution is 9.10. The summed E-state index contributed by atoms with van der Waals surface area (Å²) in [6.07, 6.45) is -2.37. The average molecular weight is 343 g/mol. The average Bonchev–Trinajstić information content (AvgIpc) is 2.22. The Balaban J connectivity index is 1.97. The SMILES string of the molecule is FC(F)(F)c1ccc(NCC2CC(Cl)C2)c(Br)c1. The maximum atomic E-state index is 12.5. The molecule has 1 fully saturated rings. The smallest absolute Gasteiger partial charge is 0.384 e. The standard InChI is InChI=1S/C12H12BrClF3N/c13-10-5-8(12(15,16)17)1-2-11(10)18-6-7-3-9(14)4-7/h1-2,5,7,9,18H,3-4,6H2. The van der Waals surface area contributed by atoms with Gasteiger partial charge < -0.3 is 5.32 Å². The molecule has 18 heavy (non-hydrogen) atoms. The fourth-order valence-corrected chi connectivity index (χ4v) is 2.93. The van der Waals surface area contributed by atoms with Crippen molar-refractivity contribution in [2.75, 3.05) is 11.9 Å². The maximum absolute atomic E-state index is 12.5. The quantitative estimate of drug-likeness (QED) is 0.771. The second-order valence-corrected chi connectivity index (χ2v) is 5.98. The summed E-state index contributed by atoms with van der Waals surface area (Å²) in [5.41, 5.74) is 0.0328. The van der Waals surface area contributed by atoms with Gasteiger partial charge in [0, 0.05) is 22.1 Å². The number of nitrogens with one attached hydrogen (secondary N) is 1. The van der Waals surface area contributed by atoms with Crippen LogP contribution in [-0.2, 0) is 6.18 Å². The number of hydrogen-bond donors (Lipinski definition) is 1. The number of benzene rings is 1. The van der Waals surface area contributed by atoms with Crippen LogP contribution < -0.4 is 5.32 Å². The first-order chi connectivity index (χ1) is 8.36. The zero-order chi connectivity index (χ0) is 13.3. The fourth-order valence-electron chi connectivity index (χ4n) is 1.91. The molecule has 1 nitrogen and oxygen atoms in total. The molecule has 6 heteroatoms. The second-order valence-electron chi connectivity index (χ2n) is 4.51. The minimum absolute atomic E-state index is 0.257. The largest absolute Gasteiger partial charge is 0.416 e. The Morgan fingerprint density at radius 1 is 1.33 bits per heavy atom. The Morgan fingerprint density at radius 3 is 2.50 bits per heavy atom. The van der Waals surface area contributed by atoms with Crippen LogP contribution in [0, 0.1) is 5.92 Å². The fraction of sp³-hybridized carbons (Fsp3) is 0.500. The molecule has 0 heterocycles. The van der Waals surface area contributed by atoms with E-state index in [1.807, 2.05) is 0 Å². The van der Waals surface area contributed by atoms with Crippen LogP contribution >= 0.6 is 27.5 Å². The highest BCUT2D eigenvalue weighted by Gasteiger charge is 2.31. The molecule has 1 aliphatic rings. The molecule has 1 N–H and O–H groups in total. The second kappa shape index (κ2) is 5.29. The van der Waals surface area contributed by atoms with Gasteiger partial charge in [-0.05, 0) is 52.9 Å². The van der Waals surface area contributed by atoms with Crippen molar-refractivity contribution in [3.05, 3.63) is 28.2 Å². The molecule has 0 bridgehead atoms. The van der Waals surface area contributed by atoms with Crippen LogP contribution in [0.5, 0.6) is 0 Å². The lowest BCUT2D eigenvalue weighted by molar-refractivity contribution is -0.137. The molecule has 0 radical (unpaired) electrons. The first-order valence-electron chi connectivity index (χ1n) is 5.61. The first kappa shape index (κ1) is 14.0. The summed E-state index contributed by atoms with van der Waals surface area (Å²) in [7, 11) is 0. The van der Waals surface area contributed by atoms with Gasteiger partial charge in [0.2, 0.25) is 0 Å². The molecule has 1 aromatic carbocycles. The molecule has 0 saturated heterocycles. The highest BCUT2D eigenvalue weighted by Crippen LogP contribution is 2.35. The van der Waals surface area contributed by atoms with E-state index in [0.29, 0.717) is 16.1 Å². The molecule has 100 valence electrons. The number of halogens is 5. The summed E-state index contributed by atoms with van der Waals surface area (Å²) in [5.74, 6) is 0.515. The molecule has 0 atom stereocenters. The predicted octanol–water partition coefficient (Wildman–Crippen LogP) is 4.90. The number of alkyl halides is 4. The lowest BCUT2D eigenvalue weighted by Crippen LogP contribution is -2.29. The zero-order valence-electron chi connectivity index (χ0n) is 9.40. The van der Waals surface area contributed by atoms with Gasteiger partial charge in [0.1, 0.15) is 0 Å². The summed E-state index contributed by atoms with van der Waals surface area (Å²) < 4.78 is 37.8. The van der Waals surface area contributed by atoms with E-state index in [1.54, 1.807) is 0 Å². The topological polar surface area (TPSA) is 12.0 Å². The van der Waals surface area contributed by atoms with Crippen molar-refractivity contribution in [3.8, 4) is 0 Å². The molecule has 0 unspecified atom stereocenters. The van der Waals surface area contributed by atoms with Gasteiger partial charge in [-0.3, -0.25) is 0 Å². The van der Waals surface area contributed by atoms with Crippen LogP contribution in [0.3, 0.4) is 0 Å². The van der Waals surface area contributed by atoms with Gasteiger partial charge in [-0.2, -0.15) is 13.2 Å². The van der Waals surface area contributed by atoms with Crippen LogP contribution in [0.15, 0.2) is 22.7 Å². The molecule has 1 aromatic rings. The van der Waals surface area contributed by atoms with E-state index in [2.05, 4.69) is 21.2 Å². The van der Waals surface area contributed by atoms with Crippen LogP contribution in [0.4, 0.5) is 18.9 Å². The Kier molecular flexibility index (Phi) is 4.11. The van der Waals surface area contributed by atoms with E-state index in [1.165, 1.54) is 6.07 Å². The number of hydrogen-bond acceptors (Lipinski definition) is 1. The molecule has 0 spiro atoms. The Bertz CT molecular complexity index is 430. The van der Waals surface area contributed by atoms with Gasteiger partial charge in [0.05, 0.1) is 5.56 Å². The monoisotopic (exact) mass is 341 g/mol. The van der Waals surface area contributed by atoms with Crippen LogP contribution in [0.1, 0.15) is 18.4 Å². The van der Waals surface area contributed by atoms with Crippen LogP contribution in [-0.4, -0.2) is 11.9 Å². The molecule has 1 saturated carbocycles. The minimum Gasteiger partial charge on any atom is -0.384 e. The van der Waals surface area contributed by atoms with E-state index >= 15 is 0 Å². The molecule has 0 aromatic heterocycles. The van der Waals surface area contributed by atoms with E-state index in [-0.39, 0.29) is 5.38 Å². The lowest BCUT2D eigenvalue weighted by Gasteiger charge is -2.31. The molecular weight excluding hydrogens is 330 g/mol. The van der Waals surface area contributed by atoms with Crippen molar-refractivity contribution >= 4 is 33.2 Å². The van der Waals surface area contributed by atoms with Crippen LogP contribution in [0.2, 0.25) is 0 Å². The van der Waals surface area contributed by atoms with Crippen molar-refractivity contribution in [1.82, 2.24) is 0 Å². The first-order valence-corrected chi connectivity index (χ1v) is 6.84. The third-order valence-electron chi connectivity index (χ3n) is 3.06. The lowest BCUT2D eigenvalue weighted by atomic mass is 9.85. The normalized spacial score (nSPS) is 23.6. The zero-order valence-corrected chi connectivity index (χ0v) is 11.7. The van der Waals surface area contributed by atoms with Crippen LogP contribution in [0.25, 0.3) is 0 Å². The Labute approximate surface area is 117 Å². The van der Waals surface area contributed by atoms with Crippen molar-refractivity contribution < 1.29 is 13.2 Å². The van der Waals surface area contributed by atoms with Crippen molar-refractivity contribution in [1.29, 1.82) is 0 Å². The molecule has 0 amide bonds. The summed E-state index contributed by atoms with van der Waals surface area (Å²) in [4.78, 5) is 0. The maximum Gasteiger partial charge on any atom is 0.416 e. The van der Waals surface area contributed by atoms with E-state index < -0.39 is 11.7 Å². The van der Waals surface area contributed by atoms with Gasteiger partial charge in [0.25, 0.3) is 0 Å². The Morgan fingerprint density at radius 2 is 2.00 bits per heavy atom. The minimum atomic E-state index is -4.30. The van der Waals surface area contributed by atoms with Gasteiger partial charge in [-0.1, -0.05) is 0 Å². The van der Waals surface area contributed by atoms with Gasteiger partial charge in [-0.25, -0.2) is 0 Å². The van der Waals surface area contributed by atoms with Crippen molar-refractivity contribution in [3.63, 3.8) is 0 Å². The van der Waals surface area contributed by atoms with Crippen molar-refractivity contribution in [2.24, 2.45) is 5.92 Å². The number of anilines is 1. The van der Waals surface area contributed by atoms with Gasteiger partial charge in [-0.15, -0.1) is 11.6 Å². The Hall–Kier alpha value is -0.420. The molecule has 2 rings (SSSR count). The van der Waals surface area contributed by atoms with Crippen molar-refractivity contribution in [2.45, 2.75) is 24.4 Å². The summed E-state index contributed by atoms with van der Waals surface area (Å²) in [6, 6.07) is 3.62. The molecular formula is C12H12BrClF3N. The predicted molar refractivity (Wildman–Crippen MR) is 70.0 cm³/mol. The van der Waals surface area contributed by atoms with Gasteiger partial charge in [0.15, 0.2) is 0 Å². The summed E-state index contributed by atoms with van der Waals surface area (Å²) in [5, 5.41) is 3.40. The van der Waals surface area contributed by atoms with E-state index in [9.17, 15) is 13.2 Å². The summed E-state index contributed by atoms with van der Waals surface area (Å²) in [6.45, 7) is 0.743. The molecule has 1 aliphatic carbocycles. The third kappa shape index (κ3) is 3.32. The van der Waals surface area contributed by atoms with E-state index in [4.69, 9.17) is 11.6 Å². The van der Waals surface area contributed by atoms with Gasteiger partial charge >= 0.3 is 6.18 Å². The molecule has 0 aliphatic heterocycles. The highest BCUT2D eigenvalue weighted by atomic mass is 79.9. The summed E-state index contributed by atoms with van der Waals surface area (Å²) >= 11 is 9.02. The van der Waals surface area contributed by atoms with E-state index in [0.717, 1.165) is 31.5 Å². The number of rotatable bonds is 3. The third-order valence-corrected chi connectivity index (χ3v) is 4.07.